The Hall–Kier alpha value is -1.86. The molecule has 1 aromatic heterocycles. The molecule has 0 atom stereocenters. The Bertz CT molecular complexity index is 549. The van der Waals surface area contributed by atoms with Gasteiger partial charge < -0.3 is 0 Å². The van der Waals surface area contributed by atoms with E-state index in [0.29, 0.717) is 5.56 Å². The quantitative estimate of drug-likeness (QED) is 0.794. The maximum atomic E-state index is 13.0. The van der Waals surface area contributed by atoms with Crippen molar-refractivity contribution >= 4 is 11.8 Å². The van der Waals surface area contributed by atoms with Crippen LogP contribution in [-0.4, -0.2) is 4.98 Å². The average Bonchev–Trinajstić information content (AvgIpc) is 2.30. The monoisotopic (exact) mass is 230 g/mol. The van der Waals surface area contributed by atoms with Crippen molar-refractivity contribution in [2.75, 3.05) is 0 Å². The summed E-state index contributed by atoms with van der Waals surface area (Å²) in [4.78, 5) is 5.43. The van der Waals surface area contributed by atoms with Gasteiger partial charge in [0.25, 0.3) is 0 Å². The van der Waals surface area contributed by atoms with Crippen LogP contribution in [0.3, 0.4) is 0 Å². The summed E-state index contributed by atoms with van der Waals surface area (Å²) >= 11 is 1.33. The summed E-state index contributed by atoms with van der Waals surface area (Å²) in [6.07, 6.45) is 3.17. The first-order valence-corrected chi connectivity index (χ1v) is 5.39. The fourth-order valence-electron chi connectivity index (χ4n) is 1.21. The second kappa shape index (κ2) is 4.77. The summed E-state index contributed by atoms with van der Waals surface area (Å²) in [6, 6.07) is 9.97. The zero-order chi connectivity index (χ0) is 11.4. The van der Waals surface area contributed by atoms with Gasteiger partial charge in [0.15, 0.2) is 0 Å². The molecular formula is C12H7FN2S. The van der Waals surface area contributed by atoms with Gasteiger partial charge >= 0.3 is 0 Å². The Morgan fingerprint density at radius 1 is 1.31 bits per heavy atom. The molecule has 4 heteroatoms. The van der Waals surface area contributed by atoms with Gasteiger partial charge in [0.05, 0.1) is 5.56 Å². The first-order chi connectivity index (χ1) is 7.79. The van der Waals surface area contributed by atoms with Crippen LogP contribution in [0.5, 0.6) is 0 Å². The lowest BCUT2D eigenvalue weighted by molar-refractivity contribution is 0.624. The summed E-state index contributed by atoms with van der Waals surface area (Å²) in [5.74, 6) is -0.285. The predicted octanol–water partition coefficient (Wildman–Crippen LogP) is 3.24. The molecule has 0 fully saturated rings. The van der Waals surface area contributed by atoms with Gasteiger partial charge in [-0.15, -0.1) is 0 Å². The van der Waals surface area contributed by atoms with Crippen molar-refractivity contribution in [3.63, 3.8) is 0 Å². The molecule has 0 bridgehead atoms. The number of hydrogen-bond acceptors (Lipinski definition) is 3. The molecule has 16 heavy (non-hydrogen) atoms. The molecule has 2 nitrogen and oxygen atoms in total. The molecule has 0 radical (unpaired) electrons. The highest BCUT2D eigenvalue weighted by Crippen LogP contribution is 2.29. The standard InChI is InChI=1S/C12H7FN2S/c13-10-2-1-3-11(6-10)16-12-8-15-5-4-9(12)7-14/h1-6,8H. The third-order valence-corrected chi connectivity index (χ3v) is 2.96. The minimum absolute atomic E-state index is 0.285. The summed E-state index contributed by atoms with van der Waals surface area (Å²) in [7, 11) is 0. The minimum Gasteiger partial charge on any atom is -0.263 e. The summed E-state index contributed by atoms with van der Waals surface area (Å²) < 4.78 is 13.0. The Balaban J connectivity index is 2.31. The summed E-state index contributed by atoms with van der Waals surface area (Å²) in [5.41, 5.74) is 0.546. The Kier molecular flexibility index (Phi) is 3.18. The molecule has 0 saturated carbocycles. The maximum Gasteiger partial charge on any atom is 0.124 e. The van der Waals surface area contributed by atoms with E-state index >= 15 is 0 Å². The van der Waals surface area contributed by atoms with Crippen molar-refractivity contribution in [1.29, 1.82) is 5.26 Å². The Morgan fingerprint density at radius 3 is 2.94 bits per heavy atom. The third kappa shape index (κ3) is 2.38. The largest absolute Gasteiger partial charge is 0.263 e. The number of halogens is 1. The van der Waals surface area contributed by atoms with E-state index in [9.17, 15) is 4.39 Å². The first kappa shape index (κ1) is 10.7. The minimum atomic E-state index is -0.285. The smallest absolute Gasteiger partial charge is 0.124 e. The van der Waals surface area contributed by atoms with Crippen LogP contribution in [0.25, 0.3) is 0 Å². The van der Waals surface area contributed by atoms with Crippen LogP contribution in [0.15, 0.2) is 52.5 Å². The van der Waals surface area contributed by atoms with Crippen LogP contribution in [0, 0.1) is 17.1 Å². The number of pyridine rings is 1. The summed E-state index contributed by atoms with van der Waals surface area (Å²) in [6.45, 7) is 0. The van der Waals surface area contributed by atoms with E-state index in [0.717, 1.165) is 9.79 Å². The van der Waals surface area contributed by atoms with Crippen LogP contribution >= 0.6 is 11.8 Å². The highest BCUT2D eigenvalue weighted by molar-refractivity contribution is 7.99. The van der Waals surface area contributed by atoms with Crippen molar-refractivity contribution in [2.24, 2.45) is 0 Å². The van der Waals surface area contributed by atoms with Crippen molar-refractivity contribution < 1.29 is 4.39 Å². The molecule has 0 aliphatic rings. The van der Waals surface area contributed by atoms with Gasteiger partial charge in [0.1, 0.15) is 11.9 Å². The SMILES string of the molecule is N#Cc1ccncc1Sc1cccc(F)c1. The Labute approximate surface area is 96.8 Å². The van der Waals surface area contributed by atoms with Crippen LogP contribution in [0.4, 0.5) is 4.39 Å². The van der Waals surface area contributed by atoms with E-state index < -0.39 is 0 Å². The molecular weight excluding hydrogens is 223 g/mol. The molecule has 2 rings (SSSR count). The van der Waals surface area contributed by atoms with Gasteiger partial charge in [-0.1, -0.05) is 17.8 Å². The fraction of sp³-hybridized carbons (Fsp3) is 0. The molecule has 0 aliphatic carbocycles. The molecule has 0 amide bonds. The topological polar surface area (TPSA) is 36.7 Å². The van der Waals surface area contributed by atoms with Gasteiger partial charge in [0.2, 0.25) is 0 Å². The van der Waals surface area contributed by atoms with Crippen LogP contribution < -0.4 is 0 Å². The van der Waals surface area contributed by atoms with E-state index in [1.54, 1.807) is 30.6 Å². The highest BCUT2D eigenvalue weighted by Gasteiger charge is 2.04. The lowest BCUT2D eigenvalue weighted by atomic mass is 10.3. The van der Waals surface area contributed by atoms with Crippen molar-refractivity contribution in [3.05, 3.63) is 54.1 Å². The lowest BCUT2D eigenvalue weighted by Crippen LogP contribution is -1.83. The summed E-state index contributed by atoms with van der Waals surface area (Å²) in [5, 5.41) is 8.89. The third-order valence-electron chi connectivity index (χ3n) is 1.93. The van der Waals surface area contributed by atoms with Crippen LogP contribution in [0.2, 0.25) is 0 Å². The van der Waals surface area contributed by atoms with Crippen molar-refractivity contribution in [2.45, 2.75) is 9.79 Å². The van der Waals surface area contributed by atoms with E-state index in [4.69, 9.17) is 5.26 Å². The van der Waals surface area contributed by atoms with Gasteiger partial charge in [-0.3, -0.25) is 4.98 Å². The van der Waals surface area contributed by atoms with Crippen LogP contribution in [-0.2, 0) is 0 Å². The molecule has 0 N–H and O–H groups in total. The zero-order valence-electron chi connectivity index (χ0n) is 8.22. The average molecular weight is 230 g/mol. The zero-order valence-corrected chi connectivity index (χ0v) is 9.04. The van der Waals surface area contributed by atoms with E-state index in [2.05, 4.69) is 11.1 Å². The molecule has 1 heterocycles. The number of nitrogens with zero attached hydrogens (tertiary/aromatic N) is 2. The number of nitriles is 1. The number of rotatable bonds is 2. The van der Waals surface area contributed by atoms with Crippen LogP contribution in [0.1, 0.15) is 5.56 Å². The second-order valence-corrected chi connectivity index (χ2v) is 4.16. The molecule has 2 aromatic rings. The van der Waals surface area contributed by atoms with E-state index in [1.807, 2.05) is 0 Å². The van der Waals surface area contributed by atoms with E-state index in [-0.39, 0.29) is 5.82 Å². The second-order valence-electron chi connectivity index (χ2n) is 3.04. The van der Waals surface area contributed by atoms with E-state index in [1.165, 1.54) is 23.9 Å². The molecule has 0 unspecified atom stereocenters. The lowest BCUT2D eigenvalue weighted by Gasteiger charge is -2.02. The molecule has 0 aliphatic heterocycles. The number of aromatic nitrogens is 1. The molecule has 78 valence electrons. The molecule has 0 spiro atoms. The highest BCUT2D eigenvalue weighted by atomic mass is 32.2. The van der Waals surface area contributed by atoms with Crippen molar-refractivity contribution in [1.82, 2.24) is 4.98 Å². The van der Waals surface area contributed by atoms with Crippen molar-refractivity contribution in [3.8, 4) is 6.07 Å². The number of hydrogen-bond donors (Lipinski definition) is 0. The normalized spacial score (nSPS) is 9.75. The van der Waals surface area contributed by atoms with Gasteiger partial charge in [-0.2, -0.15) is 5.26 Å². The molecule has 1 aromatic carbocycles. The Morgan fingerprint density at radius 2 is 2.19 bits per heavy atom. The number of benzene rings is 1. The maximum absolute atomic E-state index is 13.0. The van der Waals surface area contributed by atoms with Gasteiger partial charge in [-0.25, -0.2) is 4.39 Å². The molecule has 0 saturated heterocycles. The fourth-order valence-corrected chi connectivity index (χ4v) is 2.12. The van der Waals surface area contributed by atoms with Gasteiger partial charge in [0, 0.05) is 22.2 Å². The predicted molar refractivity (Wildman–Crippen MR) is 59.5 cm³/mol. The van der Waals surface area contributed by atoms with Gasteiger partial charge in [-0.05, 0) is 24.3 Å². The first-order valence-electron chi connectivity index (χ1n) is 4.57.